The molecule has 0 saturated carbocycles. The zero-order valence-electron chi connectivity index (χ0n) is 22.3. The van der Waals surface area contributed by atoms with E-state index in [0.29, 0.717) is 42.5 Å². The Kier molecular flexibility index (Phi) is 6.10. The van der Waals surface area contributed by atoms with Crippen molar-refractivity contribution in [3.63, 3.8) is 0 Å². The molecule has 2 aromatic carbocycles. The number of hydrogen-bond acceptors (Lipinski definition) is 4. The number of likely N-dealkylation sites (N-methyl/N-ethyl adjacent to an activating group) is 1. The van der Waals surface area contributed by atoms with E-state index in [4.69, 9.17) is 11.6 Å². The third-order valence-electron chi connectivity index (χ3n) is 7.83. The number of benzene rings is 2. The molecule has 5 aromatic rings. The SMILES string of the molecule is CN1C(=O)[C@@H](N2CCc3c(nn(Cc4ccccc4)c3Cl)C2=O)Cc2c[nH]c3cc(C#Cc4ccccn4)cc1c23. The monoisotopic (exact) mass is 560 g/mol. The van der Waals surface area contributed by atoms with Gasteiger partial charge >= 0.3 is 0 Å². The summed E-state index contributed by atoms with van der Waals surface area (Å²) >= 11 is 6.68. The van der Waals surface area contributed by atoms with E-state index in [0.717, 1.165) is 38.8 Å². The lowest BCUT2D eigenvalue weighted by molar-refractivity contribution is -0.122. The minimum absolute atomic E-state index is 0.149. The number of hydrogen-bond donors (Lipinski definition) is 1. The lowest BCUT2D eigenvalue weighted by atomic mass is 10.00. The van der Waals surface area contributed by atoms with Crippen LogP contribution in [-0.4, -0.2) is 56.1 Å². The summed E-state index contributed by atoms with van der Waals surface area (Å²) in [7, 11) is 1.76. The summed E-state index contributed by atoms with van der Waals surface area (Å²) in [5.74, 6) is 5.85. The topological polar surface area (TPSA) is 87.1 Å². The van der Waals surface area contributed by atoms with E-state index in [1.54, 1.807) is 27.7 Å². The van der Waals surface area contributed by atoms with Gasteiger partial charge in [-0.05, 0) is 47.7 Å². The van der Waals surface area contributed by atoms with Crippen LogP contribution in [-0.2, 0) is 24.2 Å². The number of amides is 2. The smallest absolute Gasteiger partial charge is 0.275 e. The number of aromatic amines is 1. The van der Waals surface area contributed by atoms with Crippen LogP contribution in [0.3, 0.4) is 0 Å². The summed E-state index contributed by atoms with van der Waals surface area (Å²) in [5.41, 5.74) is 6.16. The molecule has 2 aliphatic rings. The van der Waals surface area contributed by atoms with Gasteiger partial charge in [0.05, 0.1) is 12.2 Å². The first-order valence-corrected chi connectivity index (χ1v) is 13.8. The van der Waals surface area contributed by atoms with Crippen LogP contribution in [0.2, 0.25) is 5.15 Å². The molecule has 5 heterocycles. The summed E-state index contributed by atoms with van der Waals surface area (Å²) in [6.07, 6.45) is 4.56. The van der Waals surface area contributed by atoms with Crippen LogP contribution in [0.15, 0.2) is 73.1 Å². The number of carbonyl (C=O) groups excluding carboxylic acids is 2. The number of nitrogens with one attached hydrogen (secondary N) is 1. The van der Waals surface area contributed by atoms with Crippen molar-refractivity contribution in [2.75, 3.05) is 18.5 Å². The zero-order valence-corrected chi connectivity index (χ0v) is 23.0. The number of carbonyl (C=O) groups is 2. The number of halogens is 1. The lowest BCUT2D eigenvalue weighted by Gasteiger charge is -2.34. The highest BCUT2D eigenvalue weighted by molar-refractivity contribution is 6.31. The van der Waals surface area contributed by atoms with Gasteiger partial charge in [0.15, 0.2) is 5.69 Å². The second-order valence-corrected chi connectivity index (χ2v) is 10.7. The van der Waals surface area contributed by atoms with Crippen molar-refractivity contribution in [1.82, 2.24) is 24.6 Å². The summed E-state index contributed by atoms with van der Waals surface area (Å²) in [4.78, 5) is 38.7. The van der Waals surface area contributed by atoms with Crippen LogP contribution < -0.4 is 4.90 Å². The molecule has 3 aromatic heterocycles. The van der Waals surface area contributed by atoms with Crippen molar-refractivity contribution in [2.24, 2.45) is 0 Å². The van der Waals surface area contributed by atoms with Crippen LogP contribution in [0.4, 0.5) is 5.69 Å². The van der Waals surface area contributed by atoms with Crippen LogP contribution in [0.1, 0.15) is 38.4 Å². The molecule has 41 heavy (non-hydrogen) atoms. The molecule has 202 valence electrons. The molecule has 0 aliphatic carbocycles. The van der Waals surface area contributed by atoms with Crippen molar-refractivity contribution in [1.29, 1.82) is 0 Å². The highest BCUT2D eigenvalue weighted by atomic mass is 35.5. The van der Waals surface area contributed by atoms with Gasteiger partial charge in [-0.25, -0.2) is 9.67 Å². The average Bonchev–Trinajstić information content (AvgIpc) is 3.53. The molecule has 0 radical (unpaired) electrons. The predicted octanol–water partition coefficient (Wildman–Crippen LogP) is 4.45. The summed E-state index contributed by atoms with van der Waals surface area (Å²) < 4.78 is 1.67. The van der Waals surface area contributed by atoms with E-state index < -0.39 is 6.04 Å². The van der Waals surface area contributed by atoms with Crippen molar-refractivity contribution in [3.8, 4) is 11.8 Å². The fourth-order valence-electron chi connectivity index (χ4n) is 5.77. The normalized spacial score (nSPS) is 16.4. The maximum atomic E-state index is 13.9. The number of fused-ring (bicyclic) bond motifs is 1. The van der Waals surface area contributed by atoms with E-state index in [1.807, 2.05) is 66.9 Å². The number of H-pyrrole nitrogens is 1. The Labute approximate surface area is 241 Å². The molecule has 1 atom stereocenters. The Bertz CT molecular complexity index is 1880. The predicted molar refractivity (Wildman–Crippen MR) is 157 cm³/mol. The first kappa shape index (κ1) is 25.1. The fourth-order valence-corrected chi connectivity index (χ4v) is 6.05. The van der Waals surface area contributed by atoms with Gasteiger partial charge in [0.1, 0.15) is 16.9 Å². The summed E-state index contributed by atoms with van der Waals surface area (Å²) in [5, 5.41) is 6.04. The van der Waals surface area contributed by atoms with E-state index in [9.17, 15) is 9.59 Å². The minimum atomic E-state index is -0.673. The second-order valence-electron chi connectivity index (χ2n) is 10.3. The highest BCUT2D eigenvalue weighted by Gasteiger charge is 2.40. The summed E-state index contributed by atoms with van der Waals surface area (Å²) in [6.45, 7) is 0.852. The molecule has 0 spiro atoms. The Hall–Kier alpha value is -4.87. The molecule has 0 saturated heterocycles. The third-order valence-corrected chi connectivity index (χ3v) is 8.25. The molecule has 0 bridgehead atoms. The molecule has 7 rings (SSSR count). The minimum Gasteiger partial charge on any atom is -0.361 e. The largest absolute Gasteiger partial charge is 0.361 e. The van der Waals surface area contributed by atoms with Crippen LogP contribution in [0.25, 0.3) is 10.9 Å². The van der Waals surface area contributed by atoms with E-state index in [1.165, 1.54) is 0 Å². The van der Waals surface area contributed by atoms with E-state index in [-0.39, 0.29) is 11.8 Å². The van der Waals surface area contributed by atoms with Gasteiger partial charge in [0, 0.05) is 54.4 Å². The van der Waals surface area contributed by atoms with Crippen molar-refractivity contribution in [2.45, 2.75) is 25.4 Å². The van der Waals surface area contributed by atoms with Crippen molar-refractivity contribution in [3.05, 3.63) is 112 Å². The van der Waals surface area contributed by atoms with Gasteiger partial charge in [0.2, 0.25) is 5.91 Å². The first-order chi connectivity index (χ1) is 20.0. The number of nitrogens with zero attached hydrogens (tertiary/aromatic N) is 5. The molecule has 0 unspecified atom stereocenters. The van der Waals surface area contributed by atoms with Crippen LogP contribution in [0, 0.1) is 11.8 Å². The molecule has 8 nitrogen and oxygen atoms in total. The van der Waals surface area contributed by atoms with Crippen LogP contribution in [0.5, 0.6) is 0 Å². The molecule has 2 amide bonds. The number of pyridine rings is 1. The van der Waals surface area contributed by atoms with Gasteiger partial charge in [-0.15, -0.1) is 0 Å². The van der Waals surface area contributed by atoms with Crippen LogP contribution >= 0.6 is 11.6 Å². The molecule has 1 N–H and O–H groups in total. The molecule has 9 heteroatoms. The Morgan fingerprint density at radius 3 is 2.71 bits per heavy atom. The molecule has 0 fully saturated rings. The summed E-state index contributed by atoms with van der Waals surface area (Å²) in [6, 6.07) is 18.7. The van der Waals surface area contributed by atoms with Crippen molar-refractivity contribution >= 4 is 40.0 Å². The molecular weight excluding hydrogens is 536 g/mol. The fraction of sp³-hybridized carbons (Fsp3) is 0.188. The van der Waals surface area contributed by atoms with Crippen molar-refractivity contribution < 1.29 is 9.59 Å². The maximum absolute atomic E-state index is 13.9. The Balaban J connectivity index is 1.20. The third kappa shape index (κ3) is 4.35. The Morgan fingerprint density at radius 1 is 1.07 bits per heavy atom. The highest BCUT2D eigenvalue weighted by Crippen LogP contribution is 2.37. The van der Waals surface area contributed by atoms with Gasteiger partial charge in [-0.2, -0.15) is 5.10 Å². The van der Waals surface area contributed by atoms with Gasteiger partial charge in [-0.1, -0.05) is 53.9 Å². The maximum Gasteiger partial charge on any atom is 0.275 e. The average molecular weight is 561 g/mol. The van der Waals surface area contributed by atoms with Gasteiger partial charge < -0.3 is 14.8 Å². The molecular formula is C32H25ClN6O2. The molecule has 2 aliphatic heterocycles. The Morgan fingerprint density at radius 2 is 1.90 bits per heavy atom. The van der Waals surface area contributed by atoms with Gasteiger partial charge in [0.25, 0.3) is 5.91 Å². The van der Waals surface area contributed by atoms with Gasteiger partial charge in [-0.3, -0.25) is 9.59 Å². The van der Waals surface area contributed by atoms with E-state index in [2.05, 4.69) is 26.9 Å². The number of anilines is 1. The standard InChI is InChI=1S/C32H25ClN6O2/c1-37-26-16-21(10-11-23-9-5-6-13-34-23)15-25-28(26)22(18-35-25)17-27(31(37)40)38-14-12-24-29(32(38)41)36-39(30(24)33)19-20-7-3-2-4-8-20/h2-9,13,15-16,18,27,35H,12,14,17,19H2,1H3/t27-/m0/s1. The van der Waals surface area contributed by atoms with E-state index >= 15 is 0 Å². The zero-order chi connectivity index (χ0) is 28.1. The first-order valence-electron chi connectivity index (χ1n) is 13.4. The number of aromatic nitrogens is 4. The lowest BCUT2D eigenvalue weighted by Crippen LogP contribution is -2.53. The number of rotatable bonds is 3. The quantitative estimate of drug-likeness (QED) is 0.330. The second kappa shape index (κ2) is 9.95.